The normalized spacial score (nSPS) is 12.5. The van der Waals surface area contributed by atoms with E-state index in [4.69, 9.17) is 5.11 Å². The minimum Gasteiger partial charge on any atom is -0.481 e. The number of halogens is 2. The second-order valence-electron chi connectivity index (χ2n) is 2.62. The van der Waals surface area contributed by atoms with E-state index >= 15 is 0 Å². The lowest BCUT2D eigenvalue weighted by atomic mass is 10.1. The summed E-state index contributed by atoms with van der Waals surface area (Å²) in [5.41, 5.74) is 0.394. The first-order valence-electron chi connectivity index (χ1n) is 3.71. The first-order valence-corrected chi connectivity index (χ1v) is 4.50. The van der Waals surface area contributed by atoms with Gasteiger partial charge in [-0.3, -0.25) is 4.79 Å². The standard InChI is InChI=1S/C9H8BrFO2/c10-7-3-1-6(2-4-7)8(11)5-9(12)13/h1-4,8H,5H2,(H,12,13). The van der Waals surface area contributed by atoms with Gasteiger partial charge in [-0.25, -0.2) is 4.39 Å². The van der Waals surface area contributed by atoms with Crippen molar-refractivity contribution in [1.29, 1.82) is 0 Å². The number of alkyl halides is 1. The van der Waals surface area contributed by atoms with Gasteiger partial charge in [0, 0.05) is 4.47 Å². The van der Waals surface area contributed by atoms with Crippen LogP contribution in [0, 0.1) is 0 Å². The summed E-state index contributed by atoms with van der Waals surface area (Å²) in [6.45, 7) is 0. The van der Waals surface area contributed by atoms with Gasteiger partial charge in [-0.05, 0) is 17.7 Å². The zero-order valence-corrected chi connectivity index (χ0v) is 8.29. The van der Waals surface area contributed by atoms with Crippen molar-refractivity contribution in [3.63, 3.8) is 0 Å². The van der Waals surface area contributed by atoms with Gasteiger partial charge in [-0.15, -0.1) is 0 Å². The molecule has 13 heavy (non-hydrogen) atoms. The van der Waals surface area contributed by atoms with Crippen LogP contribution in [-0.2, 0) is 4.79 Å². The molecule has 0 saturated carbocycles. The van der Waals surface area contributed by atoms with E-state index in [1.807, 2.05) is 0 Å². The van der Waals surface area contributed by atoms with Crippen LogP contribution < -0.4 is 0 Å². The van der Waals surface area contributed by atoms with Gasteiger partial charge >= 0.3 is 5.97 Å². The van der Waals surface area contributed by atoms with Crippen molar-refractivity contribution in [3.05, 3.63) is 34.3 Å². The Labute approximate surface area is 83.5 Å². The Morgan fingerprint density at radius 1 is 1.46 bits per heavy atom. The predicted octanol–water partition coefficient (Wildman–Crippen LogP) is 2.93. The molecular weight excluding hydrogens is 239 g/mol. The third-order valence-corrected chi connectivity index (χ3v) is 2.11. The Balaban J connectivity index is 2.71. The van der Waals surface area contributed by atoms with Gasteiger partial charge < -0.3 is 5.11 Å². The van der Waals surface area contributed by atoms with Crippen molar-refractivity contribution in [1.82, 2.24) is 0 Å². The SMILES string of the molecule is O=C(O)CC(F)c1ccc(Br)cc1. The lowest BCUT2D eigenvalue weighted by molar-refractivity contribution is -0.138. The Morgan fingerprint density at radius 3 is 2.46 bits per heavy atom. The summed E-state index contributed by atoms with van der Waals surface area (Å²) >= 11 is 3.21. The van der Waals surface area contributed by atoms with Gasteiger partial charge in [0.05, 0.1) is 6.42 Å². The van der Waals surface area contributed by atoms with Crippen LogP contribution in [0.1, 0.15) is 18.2 Å². The van der Waals surface area contributed by atoms with Crippen molar-refractivity contribution in [3.8, 4) is 0 Å². The fourth-order valence-electron chi connectivity index (χ4n) is 0.943. The summed E-state index contributed by atoms with van der Waals surface area (Å²) in [6, 6.07) is 6.50. The fraction of sp³-hybridized carbons (Fsp3) is 0.222. The van der Waals surface area contributed by atoms with Gasteiger partial charge in [-0.1, -0.05) is 28.1 Å². The maximum absolute atomic E-state index is 13.1. The van der Waals surface area contributed by atoms with Crippen molar-refractivity contribution in [2.45, 2.75) is 12.6 Å². The molecule has 1 N–H and O–H groups in total. The van der Waals surface area contributed by atoms with Crippen LogP contribution in [-0.4, -0.2) is 11.1 Å². The van der Waals surface area contributed by atoms with E-state index in [-0.39, 0.29) is 0 Å². The highest BCUT2D eigenvalue weighted by Gasteiger charge is 2.13. The maximum atomic E-state index is 13.1. The summed E-state index contributed by atoms with van der Waals surface area (Å²) in [5.74, 6) is -1.13. The first-order chi connectivity index (χ1) is 6.09. The topological polar surface area (TPSA) is 37.3 Å². The number of rotatable bonds is 3. The molecule has 0 bridgehead atoms. The van der Waals surface area contributed by atoms with E-state index < -0.39 is 18.6 Å². The molecule has 1 atom stereocenters. The summed E-state index contributed by atoms with van der Waals surface area (Å²) in [4.78, 5) is 10.2. The Bertz CT molecular complexity index is 297. The highest BCUT2D eigenvalue weighted by atomic mass is 79.9. The molecule has 0 spiro atoms. The largest absolute Gasteiger partial charge is 0.481 e. The molecule has 0 amide bonds. The monoisotopic (exact) mass is 246 g/mol. The second-order valence-corrected chi connectivity index (χ2v) is 3.53. The zero-order valence-electron chi connectivity index (χ0n) is 6.71. The number of benzene rings is 1. The number of carboxylic acid groups (broad SMARTS) is 1. The third kappa shape index (κ3) is 3.14. The lowest BCUT2D eigenvalue weighted by Crippen LogP contribution is -2.01. The average molecular weight is 247 g/mol. The summed E-state index contributed by atoms with van der Waals surface area (Å²) in [6.07, 6.45) is -1.91. The smallest absolute Gasteiger partial charge is 0.306 e. The van der Waals surface area contributed by atoms with E-state index in [0.717, 1.165) is 4.47 Å². The molecule has 0 fully saturated rings. The maximum Gasteiger partial charge on any atom is 0.306 e. The van der Waals surface area contributed by atoms with Gasteiger partial charge in [0.25, 0.3) is 0 Å². The van der Waals surface area contributed by atoms with Crippen LogP contribution in [0.5, 0.6) is 0 Å². The van der Waals surface area contributed by atoms with Gasteiger partial charge in [-0.2, -0.15) is 0 Å². The van der Waals surface area contributed by atoms with Crippen LogP contribution in [0.4, 0.5) is 4.39 Å². The van der Waals surface area contributed by atoms with Crippen LogP contribution in [0.25, 0.3) is 0 Å². The number of carboxylic acids is 1. The molecular formula is C9H8BrFO2. The first kappa shape index (κ1) is 10.2. The molecule has 1 aromatic carbocycles. The molecule has 70 valence electrons. The summed E-state index contributed by atoms with van der Waals surface area (Å²) in [7, 11) is 0. The minimum atomic E-state index is -1.43. The molecule has 2 nitrogen and oxygen atoms in total. The highest BCUT2D eigenvalue weighted by molar-refractivity contribution is 9.10. The fourth-order valence-corrected chi connectivity index (χ4v) is 1.21. The Morgan fingerprint density at radius 2 is 2.00 bits per heavy atom. The van der Waals surface area contributed by atoms with Crippen molar-refractivity contribution >= 4 is 21.9 Å². The van der Waals surface area contributed by atoms with E-state index in [1.54, 1.807) is 24.3 Å². The molecule has 0 saturated heterocycles. The minimum absolute atomic E-state index is 0.394. The van der Waals surface area contributed by atoms with Crippen LogP contribution in [0.2, 0.25) is 0 Å². The molecule has 1 rings (SSSR count). The third-order valence-electron chi connectivity index (χ3n) is 1.59. The van der Waals surface area contributed by atoms with E-state index in [1.165, 1.54) is 0 Å². The molecule has 0 heterocycles. The number of hydrogen-bond donors (Lipinski definition) is 1. The van der Waals surface area contributed by atoms with E-state index in [0.29, 0.717) is 5.56 Å². The molecule has 0 aromatic heterocycles. The molecule has 4 heteroatoms. The molecule has 1 aromatic rings. The van der Waals surface area contributed by atoms with Crippen molar-refractivity contribution in [2.24, 2.45) is 0 Å². The molecule has 0 aliphatic carbocycles. The van der Waals surface area contributed by atoms with Crippen LogP contribution >= 0.6 is 15.9 Å². The number of hydrogen-bond acceptors (Lipinski definition) is 1. The van der Waals surface area contributed by atoms with Gasteiger partial charge in [0.2, 0.25) is 0 Å². The second kappa shape index (κ2) is 4.37. The number of aliphatic carboxylic acids is 1. The van der Waals surface area contributed by atoms with Gasteiger partial charge in [0.15, 0.2) is 0 Å². The number of carbonyl (C=O) groups is 1. The summed E-state index contributed by atoms with van der Waals surface area (Å²) in [5, 5.41) is 8.35. The Kier molecular flexibility index (Phi) is 3.42. The lowest BCUT2D eigenvalue weighted by Gasteiger charge is -2.04. The average Bonchev–Trinajstić information content (AvgIpc) is 2.04. The van der Waals surface area contributed by atoms with Crippen molar-refractivity contribution in [2.75, 3.05) is 0 Å². The predicted molar refractivity (Wildman–Crippen MR) is 50.2 cm³/mol. The summed E-state index contributed by atoms with van der Waals surface area (Å²) < 4.78 is 14.0. The quantitative estimate of drug-likeness (QED) is 0.891. The Hall–Kier alpha value is -0.900. The van der Waals surface area contributed by atoms with Gasteiger partial charge in [0.1, 0.15) is 6.17 Å². The molecule has 0 radical (unpaired) electrons. The van der Waals surface area contributed by atoms with Crippen LogP contribution in [0.3, 0.4) is 0 Å². The van der Waals surface area contributed by atoms with E-state index in [2.05, 4.69) is 15.9 Å². The van der Waals surface area contributed by atoms with E-state index in [9.17, 15) is 9.18 Å². The van der Waals surface area contributed by atoms with Crippen molar-refractivity contribution < 1.29 is 14.3 Å². The molecule has 0 aliphatic heterocycles. The van der Waals surface area contributed by atoms with Crippen LogP contribution in [0.15, 0.2) is 28.7 Å². The highest BCUT2D eigenvalue weighted by Crippen LogP contribution is 2.22. The molecule has 0 aliphatic rings. The molecule has 1 unspecified atom stereocenters. The zero-order chi connectivity index (χ0) is 9.84.